The van der Waals surface area contributed by atoms with Gasteiger partial charge in [-0.05, 0) is 0 Å². The Morgan fingerprint density at radius 2 is 2.10 bits per heavy atom. The van der Waals surface area contributed by atoms with Crippen molar-refractivity contribution in [1.29, 1.82) is 0 Å². The van der Waals surface area contributed by atoms with E-state index in [1.807, 2.05) is 0 Å². The number of hydrogen-bond donors (Lipinski definition) is 1. The second-order valence-corrected chi connectivity index (χ2v) is 2.57. The monoisotopic (exact) mass is 168 g/mol. The number of alkyl halides is 1. The number of rotatable bonds is 3. The van der Waals surface area contributed by atoms with Crippen molar-refractivity contribution in [1.82, 2.24) is 4.90 Å². The number of likely N-dealkylation sites (tertiary alicyclic amines) is 1. The van der Waals surface area contributed by atoms with Gasteiger partial charge in [-0.25, -0.2) is 0 Å². The molecule has 0 aromatic rings. The van der Waals surface area contributed by atoms with Gasteiger partial charge in [-0.2, -0.15) is 0 Å². The van der Waals surface area contributed by atoms with E-state index in [1.165, 1.54) is 0 Å². The lowest BCUT2D eigenvalue weighted by Gasteiger charge is -2.37. The average molecular weight is 169 g/mol. The Morgan fingerprint density at radius 1 is 1.50 bits per heavy atom. The van der Waals surface area contributed by atoms with E-state index < -0.39 is 0 Å². The Labute approximate surface area is 67.0 Å². The van der Waals surface area contributed by atoms with Crippen molar-refractivity contribution in [3.8, 4) is 0 Å². The summed E-state index contributed by atoms with van der Waals surface area (Å²) in [6.07, 6.45) is 0. The highest BCUT2D eigenvalue weighted by molar-refractivity contribution is 5.85. The molecule has 2 N–H and O–H groups in total. The summed E-state index contributed by atoms with van der Waals surface area (Å²) in [7, 11) is 0. The van der Waals surface area contributed by atoms with Gasteiger partial charge in [0.15, 0.2) is 0 Å². The third-order valence-corrected chi connectivity index (χ3v) is 1.70. The van der Waals surface area contributed by atoms with Crippen molar-refractivity contribution in [2.75, 3.05) is 32.9 Å². The summed E-state index contributed by atoms with van der Waals surface area (Å²) in [5.74, 6) is 0.302. The largest absolute Gasteiger partial charge is 0.329 e. The predicted molar refractivity (Wildman–Crippen MR) is 42.2 cm³/mol. The molecule has 1 fully saturated rings. The van der Waals surface area contributed by atoms with Gasteiger partial charge in [0.25, 0.3) is 0 Å². The zero-order chi connectivity index (χ0) is 6.69. The van der Waals surface area contributed by atoms with E-state index in [4.69, 9.17) is 5.73 Å². The highest BCUT2D eigenvalue weighted by Gasteiger charge is 2.24. The third-order valence-electron chi connectivity index (χ3n) is 1.70. The quantitative estimate of drug-likeness (QED) is 0.656. The van der Waals surface area contributed by atoms with Gasteiger partial charge in [-0.1, -0.05) is 0 Å². The maximum absolute atomic E-state index is 11.8. The molecule has 0 aromatic heterocycles. The molecule has 0 aliphatic carbocycles. The van der Waals surface area contributed by atoms with Crippen LogP contribution in [0.5, 0.6) is 0 Å². The topological polar surface area (TPSA) is 29.3 Å². The zero-order valence-corrected chi connectivity index (χ0v) is 6.74. The summed E-state index contributed by atoms with van der Waals surface area (Å²) in [6, 6.07) is 0. The molecule has 1 aliphatic heterocycles. The van der Waals surface area contributed by atoms with Gasteiger partial charge < -0.3 is 10.6 Å². The summed E-state index contributed by atoms with van der Waals surface area (Å²) in [5, 5.41) is 0. The number of nitrogens with two attached hydrogens (primary N) is 1. The molecule has 1 saturated heterocycles. The van der Waals surface area contributed by atoms with Crippen molar-refractivity contribution in [2.45, 2.75) is 0 Å². The van der Waals surface area contributed by atoms with Crippen LogP contribution >= 0.6 is 12.4 Å². The standard InChI is InChI=1S/C6H13FN2.ClH/c7-3-6-4-9(5-6)2-1-8;/h6H,1-5,8H2;1H. The summed E-state index contributed by atoms with van der Waals surface area (Å²) in [4.78, 5) is 2.17. The molecule has 0 radical (unpaired) electrons. The first-order valence-corrected chi connectivity index (χ1v) is 3.35. The number of hydrogen-bond acceptors (Lipinski definition) is 2. The third kappa shape index (κ3) is 2.40. The Morgan fingerprint density at radius 3 is 2.50 bits per heavy atom. The van der Waals surface area contributed by atoms with E-state index in [-0.39, 0.29) is 19.1 Å². The fraction of sp³-hybridized carbons (Fsp3) is 1.00. The van der Waals surface area contributed by atoms with Gasteiger partial charge >= 0.3 is 0 Å². The fourth-order valence-corrected chi connectivity index (χ4v) is 1.14. The molecule has 1 heterocycles. The first kappa shape index (κ1) is 10.1. The van der Waals surface area contributed by atoms with Crippen molar-refractivity contribution < 1.29 is 4.39 Å². The van der Waals surface area contributed by atoms with Crippen molar-refractivity contribution >= 4 is 12.4 Å². The molecule has 0 saturated carbocycles. The van der Waals surface area contributed by atoms with Crippen LogP contribution in [-0.2, 0) is 0 Å². The van der Waals surface area contributed by atoms with Crippen LogP contribution in [0.25, 0.3) is 0 Å². The van der Waals surface area contributed by atoms with Crippen molar-refractivity contribution in [3.05, 3.63) is 0 Å². The summed E-state index contributed by atoms with van der Waals surface area (Å²) in [5.41, 5.74) is 5.29. The van der Waals surface area contributed by atoms with Crippen LogP contribution in [0.4, 0.5) is 4.39 Å². The van der Waals surface area contributed by atoms with Gasteiger partial charge in [-0.15, -0.1) is 12.4 Å². The summed E-state index contributed by atoms with van der Waals surface area (Å²) in [6.45, 7) is 3.28. The average Bonchev–Trinajstić information content (AvgIpc) is 1.77. The Kier molecular flexibility index (Phi) is 4.95. The first-order valence-electron chi connectivity index (χ1n) is 3.35. The second-order valence-electron chi connectivity index (χ2n) is 2.57. The smallest absolute Gasteiger partial charge is 0.0947 e. The van der Waals surface area contributed by atoms with Gasteiger partial charge in [0.05, 0.1) is 6.67 Å². The minimum absolute atomic E-state index is 0. The maximum Gasteiger partial charge on any atom is 0.0947 e. The maximum atomic E-state index is 11.8. The van der Waals surface area contributed by atoms with E-state index in [2.05, 4.69) is 4.90 Å². The Balaban J connectivity index is 0.000000810. The number of halogens is 2. The molecule has 0 unspecified atom stereocenters. The predicted octanol–water partition coefficient (Wildman–Crippen LogP) is 0.268. The van der Waals surface area contributed by atoms with Crippen LogP contribution in [0.3, 0.4) is 0 Å². The van der Waals surface area contributed by atoms with Crippen molar-refractivity contribution in [3.63, 3.8) is 0 Å². The molecule has 10 heavy (non-hydrogen) atoms. The first-order chi connectivity index (χ1) is 4.36. The molecule has 62 valence electrons. The SMILES string of the molecule is Cl.NCCN1CC(CF)C1. The minimum Gasteiger partial charge on any atom is -0.329 e. The van der Waals surface area contributed by atoms with E-state index in [9.17, 15) is 4.39 Å². The normalized spacial score (nSPS) is 19.8. The lowest BCUT2D eigenvalue weighted by Crippen LogP contribution is -2.49. The Bertz CT molecular complexity index is 85.8. The summed E-state index contributed by atoms with van der Waals surface area (Å²) < 4.78 is 11.8. The van der Waals surface area contributed by atoms with E-state index in [0.717, 1.165) is 19.6 Å². The van der Waals surface area contributed by atoms with Crippen molar-refractivity contribution in [2.24, 2.45) is 11.7 Å². The highest BCUT2D eigenvalue weighted by atomic mass is 35.5. The Hall–Kier alpha value is 0.140. The van der Waals surface area contributed by atoms with E-state index in [1.54, 1.807) is 0 Å². The van der Waals surface area contributed by atoms with Gasteiger partial charge in [0.1, 0.15) is 0 Å². The number of nitrogens with zero attached hydrogens (tertiary/aromatic N) is 1. The zero-order valence-electron chi connectivity index (χ0n) is 5.92. The molecule has 0 atom stereocenters. The molecule has 1 rings (SSSR count). The molecular weight excluding hydrogens is 155 g/mol. The molecule has 2 nitrogen and oxygen atoms in total. The van der Waals surface area contributed by atoms with Gasteiger partial charge in [-0.3, -0.25) is 4.39 Å². The molecular formula is C6H14ClFN2. The fourth-order valence-electron chi connectivity index (χ4n) is 1.14. The lowest BCUT2D eigenvalue weighted by molar-refractivity contribution is 0.0845. The second kappa shape index (κ2) is 4.88. The van der Waals surface area contributed by atoms with Crippen LogP contribution in [0, 0.1) is 5.92 Å². The van der Waals surface area contributed by atoms with E-state index >= 15 is 0 Å². The lowest BCUT2D eigenvalue weighted by atomic mass is 10.0. The van der Waals surface area contributed by atoms with Crippen LogP contribution < -0.4 is 5.73 Å². The molecule has 0 aromatic carbocycles. The molecule has 0 amide bonds. The molecule has 1 aliphatic rings. The summed E-state index contributed by atoms with van der Waals surface area (Å²) >= 11 is 0. The minimum atomic E-state index is -0.166. The molecule has 0 bridgehead atoms. The van der Waals surface area contributed by atoms with Gasteiger partial charge in [0, 0.05) is 32.1 Å². The van der Waals surface area contributed by atoms with Crippen LogP contribution in [0.2, 0.25) is 0 Å². The van der Waals surface area contributed by atoms with Crippen LogP contribution in [-0.4, -0.2) is 37.8 Å². The van der Waals surface area contributed by atoms with E-state index in [0.29, 0.717) is 12.5 Å². The van der Waals surface area contributed by atoms with Gasteiger partial charge in [0.2, 0.25) is 0 Å². The highest BCUT2D eigenvalue weighted by Crippen LogP contribution is 2.13. The van der Waals surface area contributed by atoms with Crippen LogP contribution in [0.1, 0.15) is 0 Å². The molecule has 4 heteroatoms. The molecule has 0 spiro atoms. The van der Waals surface area contributed by atoms with Crippen LogP contribution in [0.15, 0.2) is 0 Å².